The highest BCUT2D eigenvalue weighted by Gasteiger charge is 2.42. The second-order valence-corrected chi connectivity index (χ2v) is 23.1. The summed E-state index contributed by atoms with van der Waals surface area (Å²) in [6, 6.07) is 83.7. The minimum atomic E-state index is -0.279. The fourth-order valence-corrected chi connectivity index (χ4v) is 12.2. The molecule has 0 radical (unpaired) electrons. The first-order valence-electron chi connectivity index (χ1n) is 26.3. The molecule has 0 saturated carbocycles. The summed E-state index contributed by atoms with van der Waals surface area (Å²) in [5, 5.41) is 6.27. The Morgan fingerprint density at radius 2 is 0.851 bits per heavy atom. The molecule has 3 heteroatoms. The van der Waals surface area contributed by atoms with Crippen LogP contribution in [0.3, 0.4) is 0 Å². The van der Waals surface area contributed by atoms with Gasteiger partial charge in [-0.3, -0.25) is 0 Å². The summed E-state index contributed by atoms with van der Waals surface area (Å²) in [6.07, 6.45) is 0. The first kappa shape index (κ1) is 45.5. The fourth-order valence-electron chi connectivity index (χ4n) is 12.2. The van der Waals surface area contributed by atoms with Gasteiger partial charge in [-0.2, -0.15) is 0 Å². The average Bonchev–Trinajstić information content (AvgIpc) is 4.07. The standard InChI is InChI=1S/C71H61N3/c1-69(2,3)51-27-19-31-55(44-51)72(53-29-17-25-48(41-53)46-21-11-9-12-22-46)57-36-38-58-50(43-57)35-37-59-60-39-40-63(64-65-68(74(66(58)59)67(60)64)61-33-15-16-34-62(61)71(65,7)8)73(56-32-20-28-52(45-56)70(4,5)6)54-30-18-26-49(42-54)47-23-13-10-14-24-47/h9-45H,1-8H3. The first-order valence-corrected chi connectivity index (χ1v) is 26.3. The monoisotopic (exact) mass is 955 g/mol. The molecule has 74 heavy (non-hydrogen) atoms. The third-order valence-electron chi connectivity index (χ3n) is 15.9. The molecule has 1 aliphatic carbocycles. The van der Waals surface area contributed by atoms with Gasteiger partial charge < -0.3 is 14.2 Å². The fraction of sp³-hybridized carbons (Fsp3) is 0.155. The van der Waals surface area contributed by atoms with Crippen LogP contribution in [0.4, 0.5) is 34.1 Å². The topological polar surface area (TPSA) is 10.9 Å². The van der Waals surface area contributed by atoms with E-state index in [2.05, 4.69) is 294 Å². The summed E-state index contributed by atoms with van der Waals surface area (Å²) < 4.78 is 2.66. The highest BCUT2D eigenvalue weighted by molar-refractivity contribution is 6.26. The van der Waals surface area contributed by atoms with Crippen LogP contribution >= 0.6 is 0 Å². The summed E-state index contributed by atoms with van der Waals surface area (Å²) >= 11 is 0. The molecule has 0 spiro atoms. The third-order valence-corrected chi connectivity index (χ3v) is 15.9. The van der Waals surface area contributed by atoms with Gasteiger partial charge in [0.05, 0.1) is 22.4 Å². The number of benzene rings is 10. The Kier molecular flexibility index (Phi) is 10.3. The molecule has 0 aliphatic heterocycles. The predicted octanol–water partition coefficient (Wildman–Crippen LogP) is 20.0. The lowest BCUT2D eigenvalue weighted by Gasteiger charge is -2.30. The van der Waals surface area contributed by atoms with Crippen molar-refractivity contribution in [1.29, 1.82) is 0 Å². The highest BCUT2D eigenvalue weighted by atomic mass is 15.2. The van der Waals surface area contributed by atoms with Gasteiger partial charge in [-0.15, -0.1) is 0 Å². The van der Waals surface area contributed by atoms with Crippen molar-refractivity contribution >= 4 is 72.1 Å². The molecule has 0 N–H and O–H groups in total. The Labute approximate surface area is 436 Å². The molecular weight excluding hydrogens is 895 g/mol. The maximum absolute atomic E-state index is 2.66. The molecule has 3 nitrogen and oxygen atoms in total. The van der Waals surface area contributed by atoms with Gasteiger partial charge in [0.2, 0.25) is 0 Å². The molecule has 0 bridgehead atoms. The van der Waals surface area contributed by atoms with Crippen LogP contribution in [0.5, 0.6) is 0 Å². The number of rotatable bonds is 8. The quantitative estimate of drug-likeness (QED) is 0.150. The summed E-state index contributed by atoms with van der Waals surface area (Å²) in [5.41, 5.74) is 21.7. The molecule has 13 rings (SSSR count). The molecule has 0 atom stereocenters. The van der Waals surface area contributed by atoms with Gasteiger partial charge in [0, 0.05) is 61.0 Å². The van der Waals surface area contributed by atoms with Crippen LogP contribution in [0.25, 0.3) is 71.5 Å². The molecule has 0 fully saturated rings. The van der Waals surface area contributed by atoms with Gasteiger partial charge in [0.1, 0.15) is 0 Å². The Bertz CT molecular complexity index is 4120. The molecule has 0 unspecified atom stereocenters. The van der Waals surface area contributed by atoms with E-state index in [1.54, 1.807) is 0 Å². The summed E-state index contributed by atoms with van der Waals surface area (Å²) in [6.45, 7) is 18.7. The van der Waals surface area contributed by atoms with Gasteiger partial charge >= 0.3 is 0 Å². The largest absolute Gasteiger partial charge is 0.310 e. The normalized spacial score (nSPS) is 13.2. The van der Waals surface area contributed by atoms with E-state index in [1.807, 2.05) is 0 Å². The Balaban J connectivity index is 1.08. The molecule has 10 aromatic carbocycles. The van der Waals surface area contributed by atoms with Crippen molar-refractivity contribution in [1.82, 2.24) is 4.40 Å². The molecule has 2 heterocycles. The Morgan fingerprint density at radius 1 is 0.378 bits per heavy atom. The molecule has 0 saturated heterocycles. The van der Waals surface area contributed by atoms with Crippen LogP contribution in [-0.4, -0.2) is 4.40 Å². The minimum absolute atomic E-state index is 0.0123. The van der Waals surface area contributed by atoms with Crippen molar-refractivity contribution in [3.63, 3.8) is 0 Å². The zero-order valence-corrected chi connectivity index (χ0v) is 43.7. The van der Waals surface area contributed by atoms with E-state index in [4.69, 9.17) is 0 Å². The van der Waals surface area contributed by atoms with E-state index in [-0.39, 0.29) is 16.2 Å². The van der Waals surface area contributed by atoms with Gasteiger partial charge in [0.25, 0.3) is 0 Å². The SMILES string of the molecule is CC(C)(C)c1cccc(N(c2cccc(-c3ccccc3)c2)c2ccc3c(ccc4c5ccc(N(c6cccc(-c7ccccc7)c6)c6cccc(C(C)(C)C)c6)c6c7c(n(c65)c34)-c3ccccc3C7(C)C)c2)c1. The number of nitrogens with zero attached hydrogens (tertiary/aromatic N) is 3. The molecule has 360 valence electrons. The first-order chi connectivity index (χ1) is 35.7. The van der Waals surface area contributed by atoms with Crippen LogP contribution in [0.1, 0.15) is 77.6 Å². The highest BCUT2D eigenvalue weighted by Crippen LogP contribution is 2.58. The van der Waals surface area contributed by atoms with Crippen molar-refractivity contribution < 1.29 is 0 Å². The van der Waals surface area contributed by atoms with E-state index in [0.717, 1.165) is 28.4 Å². The lowest BCUT2D eigenvalue weighted by atomic mass is 9.81. The van der Waals surface area contributed by atoms with Crippen molar-refractivity contribution in [3.05, 3.63) is 247 Å². The molecule has 1 aliphatic rings. The summed E-state index contributed by atoms with van der Waals surface area (Å²) in [5.74, 6) is 0. The maximum atomic E-state index is 2.66. The Morgan fingerprint density at radius 3 is 1.46 bits per heavy atom. The molecular formula is C71H61N3. The van der Waals surface area contributed by atoms with Crippen molar-refractivity contribution in [2.75, 3.05) is 9.80 Å². The van der Waals surface area contributed by atoms with Crippen LogP contribution < -0.4 is 9.80 Å². The van der Waals surface area contributed by atoms with Gasteiger partial charge in [-0.05, 0) is 127 Å². The van der Waals surface area contributed by atoms with Crippen LogP contribution in [-0.2, 0) is 16.2 Å². The molecule has 12 aromatic rings. The van der Waals surface area contributed by atoms with E-state index in [9.17, 15) is 0 Å². The number of aromatic nitrogens is 1. The number of anilines is 6. The number of hydrogen-bond acceptors (Lipinski definition) is 2. The van der Waals surface area contributed by atoms with Crippen molar-refractivity contribution in [3.8, 4) is 33.5 Å². The van der Waals surface area contributed by atoms with E-state index in [0.29, 0.717) is 0 Å². The number of fused-ring (bicyclic) bond motifs is 10. The smallest absolute Gasteiger partial charge is 0.0639 e. The number of hydrogen-bond donors (Lipinski definition) is 0. The van der Waals surface area contributed by atoms with Gasteiger partial charge in [-0.1, -0.05) is 213 Å². The minimum Gasteiger partial charge on any atom is -0.310 e. The van der Waals surface area contributed by atoms with Crippen LogP contribution in [0.2, 0.25) is 0 Å². The Hall–Kier alpha value is -8.40. The second-order valence-electron chi connectivity index (χ2n) is 23.1. The van der Waals surface area contributed by atoms with Gasteiger partial charge in [-0.25, -0.2) is 0 Å². The van der Waals surface area contributed by atoms with E-state index >= 15 is 0 Å². The predicted molar refractivity (Wildman–Crippen MR) is 316 cm³/mol. The maximum Gasteiger partial charge on any atom is 0.0639 e. The van der Waals surface area contributed by atoms with Crippen molar-refractivity contribution in [2.45, 2.75) is 71.6 Å². The lowest BCUT2D eigenvalue weighted by molar-refractivity contribution is 0.590. The van der Waals surface area contributed by atoms with Crippen molar-refractivity contribution in [2.24, 2.45) is 0 Å². The van der Waals surface area contributed by atoms with E-state index in [1.165, 1.54) is 99.4 Å². The summed E-state index contributed by atoms with van der Waals surface area (Å²) in [7, 11) is 0. The molecule has 2 aromatic heterocycles. The molecule has 0 amide bonds. The second kappa shape index (κ2) is 16.8. The average molecular weight is 956 g/mol. The zero-order chi connectivity index (χ0) is 50.7. The van der Waals surface area contributed by atoms with E-state index < -0.39 is 0 Å². The third kappa shape index (κ3) is 7.24. The zero-order valence-electron chi connectivity index (χ0n) is 43.7. The van der Waals surface area contributed by atoms with Crippen LogP contribution in [0.15, 0.2) is 224 Å². The van der Waals surface area contributed by atoms with Gasteiger partial charge in [0.15, 0.2) is 0 Å². The van der Waals surface area contributed by atoms with Crippen LogP contribution in [0, 0.1) is 0 Å². The lowest BCUT2D eigenvalue weighted by Crippen LogP contribution is -2.17. The summed E-state index contributed by atoms with van der Waals surface area (Å²) in [4.78, 5) is 4.98.